The van der Waals surface area contributed by atoms with Crippen molar-refractivity contribution >= 4 is 11.8 Å². The highest BCUT2D eigenvalue weighted by molar-refractivity contribution is 6.13. The minimum absolute atomic E-state index is 0.345. The second-order valence-corrected chi connectivity index (χ2v) is 3.00. The van der Waals surface area contributed by atoms with Crippen molar-refractivity contribution in [3.63, 3.8) is 0 Å². The molecule has 0 bridgehead atoms. The number of hydrogen-bond donors (Lipinski definition) is 1. The zero-order valence-electron chi connectivity index (χ0n) is 6.50. The van der Waals surface area contributed by atoms with Crippen molar-refractivity contribution in [1.82, 2.24) is 4.90 Å². The second kappa shape index (κ2) is 2.17. The van der Waals surface area contributed by atoms with E-state index in [1.807, 2.05) is 0 Å². The van der Waals surface area contributed by atoms with E-state index >= 15 is 0 Å². The van der Waals surface area contributed by atoms with E-state index in [4.69, 9.17) is 5.73 Å². The topological polar surface area (TPSA) is 63.4 Å². The molecule has 2 N–H and O–H groups in total. The van der Waals surface area contributed by atoms with Crippen LogP contribution in [-0.2, 0) is 9.59 Å². The van der Waals surface area contributed by atoms with Gasteiger partial charge in [0.2, 0.25) is 0 Å². The molecular formula is C7H10N2O2. The summed E-state index contributed by atoms with van der Waals surface area (Å²) in [5.74, 6) is -0.690. The van der Waals surface area contributed by atoms with Gasteiger partial charge in [-0.2, -0.15) is 0 Å². The number of hydrogen-bond acceptors (Lipinski definition) is 3. The third-order valence-electron chi connectivity index (χ3n) is 1.39. The molecule has 4 heteroatoms. The summed E-state index contributed by atoms with van der Waals surface area (Å²) in [6.45, 7) is 3.21. The molecule has 60 valence electrons. The molecule has 4 nitrogen and oxygen atoms in total. The smallest absolute Gasteiger partial charge is 0.255 e. The maximum atomic E-state index is 11.0. The predicted octanol–water partition coefficient (Wildman–Crippen LogP) is -0.394. The quantitative estimate of drug-likeness (QED) is 0.523. The van der Waals surface area contributed by atoms with Crippen molar-refractivity contribution in [1.29, 1.82) is 0 Å². The first kappa shape index (κ1) is 7.94. The van der Waals surface area contributed by atoms with Gasteiger partial charge in [0.15, 0.2) is 0 Å². The molecule has 1 aliphatic rings. The molecule has 0 unspecified atom stereocenters. The third kappa shape index (κ3) is 1.30. The summed E-state index contributed by atoms with van der Waals surface area (Å²) in [4.78, 5) is 23.0. The van der Waals surface area contributed by atoms with Gasteiger partial charge in [-0.25, -0.2) is 0 Å². The summed E-state index contributed by atoms with van der Waals surface area (Å²) in [5.41, 5.74) is 4.66. The minimum atomic E-state index is -0.905. The molecule has 0 saturated heterocycles. The van der Waals surface area contributed by atoms with Gasteiger partial charge in [-0.1, -0.05) is 0 Å². The Kier molecular flexibility index (Phi) is 1.56. The SMILES string of the molecule is CC(C)(N)N1C(=O)C=CC1=O. The summed E-state index contributed by atoms with van der Waals surface area (Å²) in [6, 6.07) is 0. The Hall–Kier alpha value is -1.16. The van der Waals surface area contributed by atoms with Gasteiger partial charge in [0.25, 0.3) is 11.8 Å². The molecule has 0 spiro atoms. The summed E-state index contributed by atoms with van der Waals surface area (Å²) >= 11 is 0. The first-order valence-corrected chi connectivity index (χ1v) is 3.28. The van der Waals surface area contributed by atoms with E-state index in [0.717, 1.165) is 4.90 Å². The van der Waals surface area contributed by atoms with Crippen LogP contribution in [0.2, 0.25) is 0 Å². The van der Waals surface area contributed by atoms with Gasteiger partial charge in [0.1, 0.15) is 0 Å². The molecule has 2 amide bonds. The van der Waals surface area contributed by atoms with E-state index in [-0.39, 0.29) is 11.8 Å². The molecule has 0 radical (unpaired) electrons. The summed E-state index contributed by atoms with van der Waals surface area (Å²) in [7, 11) is 0. The van der Waals surface area contributed by atoms with Crippen molar-refractivity contribution in [2.75, 3.05) is 0 Å². The first-order chi connectivity index (χ1) is 4.93. The second-order valence-electron chi connectivity index (χ2n) is 3.00. The molecule has 0 atom stereocenters. The fourth-order valence-electron chi connectivity index (χ4n) is 0.968. The predicted molar refractivity (Wildman–Crippen MR) is 39.3 cm³/mol. The van der Waals surface area contributed by atoms with Crippen molar-refractivity contribution in [2.45, 2.75) is 19.5 Å². The number of nitrogens with zero attached hydrogens (tertiary/aromatic N) is 1. The van der Waals surface area contributed by atoms with Crippen LogP contribution in [0.25, 0.3) is 0 Å². The van der Waals surface area contributed by atoms with Crippen LogP contribution >= 0.6 is 0 Å². The number of nitrogens with two attached hydrogens (primary N) is 1. The molecule has 0 aromatic rings. The number of rotatable bonds is 1. The van der Waals surface area contributed by atoms with Crippen molar-refractivity contribution < 1.29 is 9.59 Å². The third-order valence-corrected chi connectivity index (χ3v) is 1.39. The monoisotopic (exact) mass is 154 g/mol. The highest BCUT2D eigenvalue weighted by atomic mass is 16.2. The van der Waals surface area contributed by atoms with Crippen LogP contribution in [0.1, 0.15) is 13.8 Å². The molecule has 0 aromatic carbocycles. The van der Waals surface area contributed by atoms with Crippen molar-refractivity contribution in [2.24, 2.45) is 5.73 Å². The lowest BCUT2D eigenvalue weighted by molar-refractivity contribution is -0.142. The van der Waals surface area contributed by atoms with E-state index in [1.165, 1.54) is 12.2 Å². The summed E-state index contributed by atoms with van der Waals surface area (Å²) < 4.78 is 0. The van der Waals surface area contributed by atoms with Gasteiger partial charge < -0.3 is 5.73 Å². The Labute approximate surface area is 64.7 Å². The number of imide groups is 1. The van der Waals surface area contributed by atoms with E-state index in [0.29, 0.717) is 0 Å². The van der Waals surface area contributed by atoms with Gasteiger partial charge in [-0.3, -0.25) is 14.5 Å². The lowest BCUT2D eigenvalue weighted by Crippen LogP contribution is -2.54. The van der Waals surface area contributed by atoms with E-state index in [9.17, 15) is 9.59 Å². The van der Waals surface area contributed by atoms with Gasteiger partial charge in [0, 0.05) is 12.2 Å². The normalized spacial score (nSPS) is 18.3. The van der Waals surface area contributed by atoms with E-state index < -0.39 is 5.66 Å². The van der Waals surface area contributed by atoms with Crippen LogP contribution in [0.15, 0.2) is 12.2 Å². The Bertz CT molecular complexity index is 219. The molecule has 0 saturated carbocycles. The lowest BCUT2D eigenvalue weighted by Gasteiger charge is -2.29. The van der Waals surface area contributed by atoms with Crippen LogP contribution in [0, 0.1) is 0 Å². The lowest BCUT2D eigenvalue weighted by atomic mass is 10.2. The average molecular weight is 154 g/mol. The zero-order valence-corrected chi connectivity index (χ0v) is 6.50. The first-order valence-electron chi connectivity index (χ1n) is 3.28. The number of carbonyl (C=O) groups excluding carboxylic acids is 2. The Morgan fingerprint density at radius 1 is 1.27 bits per heavy atom. The fraction of sp³-hybridized carbons (Fsp3) is 0.429. The van der Waals surface area contributed by atoms with Crippen LogP contribution in [-0.4, -0.2) is 22.4 Å². The van der Waals surface area contributed by atoms with Crippen molar-refractivity contribution in [3.8, 4) is 0 Å². The molecule has 0 fully saturated rings. The summed E-state index contributed by atoms with van der Waals surface area (Å²) in [5, 5.41) is 0. The van der Waals surface area contributed by atoms with E-state index in [2.05, 4.69) is 0 Å². The van der Waals surface area contributed by atoms with Gasteiger partial charge in [-0.05, 0) is 13.8 Å². The Morgan fingerprint density at radius 3 is 1.82 bits per heavy atom. The molecule has 0 aliphatic carbocycles. The Morgan fingerprint density at radius 2 is 1.64 bits per heavy atom. The number of carbonyl (C=O) groups is 2. The van der Waals surface area contributed by atoms with Crippen LogP contribution < -0.4 is 5.73 Å². The van der Waals surface area contributed by atoms with Gasteiger partial charge in [0.05, 0.1) is 5.66 Å². The largest absolute Gasteiger partial charge is 0.309 e. The van der Waals surface area contributed by atoms with Gasteiger partial charge >= 0.3 is 0 Å². The summed E-state index contributed by atoms with van der Waals surface area (Å²) in [6.07, 6.45) is 2.44. The Balaban J connectivity index is 2.91. The molecule has 1 aliphatic heterocycles. The van der Waals surface area contributed by atoms with Crippen LogP contribution in [0.5, 0.6) is 0 Å². The molecule has 1 heterocycles. The van der Waals surface area contributed by atoms with Crippen LogP contribution in [0.3, 0.4) is 0 Å². The van der Waals surface area contributed by atoms with Gasteiger partial charge in [-0.15, -0.1) is 0 Å². The maximum absolute atomic E-state index is 11.0. The molecular weight excluding hydrogens is 144 g/mol. The average Bonchev–Trinajstić information content (AvgIpc) is 2.08. The molecule has 11 heavy (non-hydrogen) atoms. The van der Waals surface area contributed by atoms with Crippen molar-refractivity contribution in [3.05, 3.63) is 12.2 Å². The highest BCUT2D eigenvalue weighted by Crippen LogP contribution is 2.13. The minimum Gasteiger partial charge on any atom is -0.309 e. The standard InChI is InChI=1S/C7H10N2O2/c1-7(2,8)9-5(10)3-4-6(9)11/h3-4H,8H2,1-2H3. The highest BCUT2D eigenvalue weighted by Gasteiger charge is 2.33. The number of amides is 2. The maximum Gasteiger partial charge on any atom is 0.255 e. The molecule has 1 rings (SSSR count). The van der Waals surface area contributed by atoms with E-state index in [1.54, 1.807) is 13.8 Å². The van der Waals surface area contributed by atoms with Crippen LogP contribution in [0.4, 0.5) is 0 Å². The molecule has 0 aromatic heterocycles. The fourth-order valence-corrected chi connectivity index (χ4v) is 0.968. The zero-order chi connectivity index (χ0) is 8.65.